The van der Waals surface area contributed by atoms with Crippen molar-refractivity contribution in [2.75, 3.05) is 5.75 Å². The summed E-state index contributed by atoms with van der Waals surface area (Å²) >= 11 is 1.19. The molecule has 0 saturated carbocycles. The highest BCUT2D eigenvalue weighted by Crippen LogP contribution is 2.04. The predicted molar refractivity (Wildman–Crippen MR) is 66.5 cm³/mol. The van der Waals surface area contributed by atoms with E-state index >= 15 is 0 Å². The van der Waals surface area contributed by atoms with Crippen LogP contribution in [-0.2, 0) is 4.79 Å². The highest BCUT2D eigenvalue weighted by molar-refractivity contribution is 8.13. The van der Waals surface area contributed by atoms with Crippen molar-refractivity contribution in [1.29, 1.82) is 0 Å². The van der Waals surface area contributed by atoms with Crippen LogP contribution in [0.25, 0.3) is 0 Å². The van der Waals surface area contributed by atoms with Gasteiger partial charge in [-0.2, -0.15) is 0 Å². The fourth-order valence-electron chi connectivity index (χ4n) is 1.06. The van der Waals surface area contributed by atoms with E-state index in [0.29, 0.717) is 11.3 Å². The van der Waals surface area contributed by atoms with Gasteiger partial charge in [-0.3, -0.25) is 9.59 Å². The van der Waals surface area contributed by atoms with E-state index in [9.17, 15) is 9.59 Å². The van der Waals surface area contributed by atoms with Crippen LogP contribution < -0.4 is 0 Å². The average molecular weight is 232 g/mol. The zero-order valence-electron chi connectivity index (χ0n) is 9.24. The van der Waals surface area contributed by atoms with Crippen molar-refractivity contribution in [2.24, 2.45) is 0 Å². The fourth-order valence-corrected chi connectivity index (χ4v) is 1.41. The number of thioether (sulfide) groups is 1. The van der Waals surface area contributed by atoms with Crippen LogP contribution in [0.1, 0.15) is 29.8 Å². The number of carbonyl (C=O) groups excluding carboxylic acids is 2. The Morgan fingerprint density at radius 1 is 1.19 bits per heavy atom. The van der Waals surface area contributed by atoms with Crippen molar-refractivity contribution < 1.29 is 9.59 Å². The molecule has 0 heterocycles. The number of benzene rings is 1. The Bertz CT molecular complexity index is 449. The third-order valence-corrected chi connectivity index (χ3v) is 2.57. The van der Waals surface area contributed by atoms with Gasteiger partial charge in [-0.1, -0.05) is 35.7 Å². The number of ketones is 1. The van der Waals surface area contributed by atoms with E-state index in [1.54, 1.807) is 12.1 Å². The smallest absolute Gasteiger partial charge is 0.186 e. The maximum Gasteiger partial charge on any atom is 0.186 e. The van der Waals surface area contributed by atoms with Gasteiger partial charge in [0.15, 0.2) is 10.9 Å². The van der Waals surface area contributed by atoms with Crippen molar-refractivity contribution in [2.45, 2.75) is 13.8 Å². The van der Waals surface area contributed by atoms with Gasteiger partial charge in [0, 0.05) is 18.1 Å². The van der Waals surface area contributed by atoms with Crippen molar-refractivity contribution in [3.8, 4) is 11.8 Å². The van der Waals surface area contributed by atoms with Crippen molar-refractivity contribution >= 4 is 22.7 Å². The molecule has 3 heteroatoms. The van der Waals surface area contributed by atoms with Crippen molar-refractivity contribution in [1.82, 2.24) is 0 Å². The first-order valence-corrected chi connectivity index (χ1v) is 5.81. The molecule has 0 aromatic heterocycles. The van der Waals surface area contributed by atoms with E-state index in [0.717, 1.165) is 5.56 Å². The van der Waals surface area contributed by atoms with Crippen LogP contribution in [0, 0.1) is 11.8 Å². The second-order valence-electron chi connectivity index (χ2n) is 3.22. The maximum absolute atomic E-state index is 11.0. The molecule has 0 N–H and O–H groups in total. The van der Waals surface area contributed by atoms with Gasteiger partial charge in [0.25, 0.3) is 0 Å². The number of Topliss-reactive ketones (excluding diaryl/α,β-unsaturated/α-hetero) is 1. The quantitative estimate of drug-likeness (QED) is 0.580. The minimum absolute atomic E-state index is 0.0478. The third kappa shape index (κ3) is 4.33. The summed E-state index contributed by atoms with van der Waals surface area (Å²) in [6.07, 6.45) is 0. The molecule has 0 amide bonds. The first-order valence-electron chi connectivity index (χ1n) is 4.83. The van der Waals surface area contributed by atoms with Gasteiger partial charge < -0.3 is 0 Å². The van der Waals surface area contributed by atoms with Crippen molar-refractivity contribution in [3.63, 3.8) is 0 Å². The lowest BCUT2D eigenvalue weighted by atomic mass is 10.1. The Morgan fingerprint density at radius 3 is 2.31 bits per heavy atom. The van der Waals surface area contributed by atoms with Crippen LogP contribution in [0.2, 0.25) is 0 Å². The zero-order chi connectivity index (χ0) is 12.0. The molecule has 0 bridgehead atoms. The van der Waals surface area contributed by atoms with Gasteiger partial charge >= 0.3 is 0 Å². The minimum atomic E-state index is 0.0478. The van der Waals surface area contributed by atoms with Gasteiger partial charge in [0.1, 0.15) is 0 Å². The lowest BCUT2D eigenvalue weighted by Gasteiger charge is -1.94. The lowest BCUT2D eigenvalue weighted by Crippen LogP contribution is -1.90. The molecule has 0 unspecified atom stereocenters. The van der Waals surface area contributed by atoms with Crippen LogP contribution in [0.15, 0.2) is 24.3 Å². The molecule has 0 radical (unpaired) electrons. The van der Waals surface area contributed by atoms with E-state index in [-0.39, 0.29) is 10.9 Å². The summed E-state index contributed by atoms with van der Waals surface area (Å²) in [4.78, 5) is 21.6. The van der Waals surface area contributed by atoms with Gasteiger partial charge in [0.05, 0.1) is 5.75 Å². The van der Waals surface area contributed by atoms with Gasteiger partial charge in [-0.05, 0) is 19.1 Å². The second kappa shape index (κ2) is 6.14. The summed E-state index contributed by atoms with van der Waals surface area (Å²) in [7, 11) is 0. The first kappa shape index (κ1) is 12.5. The average Bonchev–Trinajstić information content (AvgIpc) is 2.25. The SMILES string of the molecule is CC(=O)SCC#Cc1ccc(C(C)=O)cc1. The highest BCUT2D eigenvalue weighted by atomic mass is 32.2. The van der Waals surface area contributed by atoms with E-state index in [1.807, 2.05) is 12.1 Å². The Hall–Kier alpha value is -1.53. The summed E-state index contributed by atoms with van der Waals surface area (Å²) in [5.41, 5.74) is 1.54. The van der Waals surface area contributed by atoms with Crippen LogP contribution in [0.3, 0.4) is 0 Å². The normalized spacial score (nSPS) is 9.12. The predicted octanol–water partition coefficient (Wildman–Crippen LogP) is 2.52. The Labute approximate surface area is 99.4 Å². The molecular formula is C13H12O2S. The second-order valence-corrected chi connectivity index (χ2v) is 4.37. The third-order valence-electron chi connectivity index (χ3n) is 1.87. The molecule has 0 aliphatic carbocycles. The Balaban J connectivity index is 2.61. The Morgan fingerprint density at radius 2 is 1.81 bits per heavy atom. The minimum Gasteiger partial charge on any atom is -0.295 e. The number of hydrogen-bond acceptors (Lipinski definition) is 3. The maximum atomic E-state index is 11.0. The lowest BCUT2D eigenvalue weighted by molar-refractivity contribution is -0.109. The Kier molecular flexibility index (Phi) is 4.81. The van der Waals surface area contributed by atoms with Crippen LogP contribution in [0.5, 0.6) is 0 Å². The molecule has 1 aromatic rings. The number of carbonyl (C=O) groups is 2. The molecule has 16 heavy (non-hydrogen) atoms. The summed E-state index contributed by atoms with van der Waals surface area (Å²) in [6, 6.07) is 7.12. The molecule has 1 rings (SSSR count). The first-order chi connectivity index (χ1) is 7.59. The van der Waals surface area contributed by atoms with E-state index < -0.39 is 0 Å². The van der Waals surface area contributed by atoms with Gasteiger partial charge in [-0.25, -0.2) is 0 Å². The molecule has 1 aromatic carbocycles. The topological polar surface area (TPSA) is 34.1 Å². The van der Waals surface area contributed by atoms with Gasteiger partial charge in [0.2, 0.25) is 0 Å². The van der Waals surface area contributed by atoms with E-state index in [1.165, 1.54) is 25.6 Å². The van der Waals surface area contributed by atoms with E-state index in [2.05, 4.69) is 11.8 Å². The summed E-state index contributed by atoms with van der Waals surface area (Å²) in [6.45, 7) is 3.05. The number of rotatable bonds is 2. The molecule has 0 spiro atoms. The molecule has 0 saturated heterocycles. The van der Waals surface area contributed by atoms with Crippen molar-refractivity contribution in [3.05, 3.63) is 35.4 Å². The molecular weight excluding hydrogens is 220 g/mol. The summed E-state index contributed by atoms with van der Waals surface area (Å²) in [5.74, 6) is 6.37. The largest absolute Gasteiger partial charge is 0.295 e. The van der Waals surface area contributed by atoms with Crippen LogP contribution >= 0.6 is 11.8 Å². The zero-order valence-corrected chi connectivity index (χ0v) is 10.1. The molecule has 2 nitrogen and oxygen atoms in total. The molecule has 0 fully saturated rings. The summed E-state index contributed by atoms with van der Waals surface area (Å²) in [5, 5.41) is 0.0706. The van der Waals surface area contributed by atoms with E-state index in [4.69, 9.17) is 0 Å². The monoisotopic (exact) mass is 232 g/mol. The fraction of sp³-hybridized carbons (Fsp3) is 0.231. The highest BCUT2D eigenvalue weighted by Gasteiger charge is 1.96. The molecule has 0 aliphatic heterocycles. The van der Waals surface area contributed by atoms with Crippen LogP contribution in [0.4, 0.5) is 0 Å². The standard InChI is InChI=1S/C13H12O2S/c1-10(14)13-7-5-12(6-8-13)4-3-9-16-11(2)15/h5-8H,9H2,1-2H3. The summed E-state index contributed by atoms with van der Waals surface area (Å²) < 4.78 is 0. The molecule has 0 aliphatic rings. The van der Waals surface area contributed by atoms with Crippen LogP contribution in [-0.4, -0.2) is 16.7 Å². The molecule has 0 atom stereocenters. The van der Waals surface area contributed by atoms with Gasteiger partial charge in [-0.15, -0.1) is 0 Å². The molecule has 82 valence electrons. The number of hydrogen-bond donors (Lipinski definition) is 0.